The number of nitrogens with zero attached hydrogens (tertiary/aromatic N) is 2. The number of non-ortho nitro benzene ring substituents is 1. The Bertz CT molecular complexity index is 821. The van der Waals surface area contributed by atoms with E-state index in [1.54, 1.807) is 36.4 Å². The highest BCUT2D eigenvalue weighted by molar-refractivity contribution is 5.90. The summed E-state index contributed by atoms with van der Waals surface area (Å²) >= 11 is 0. The van der Waals surface area contributed by atoms with Crippen molar-refractivity contribution >= 4 is 17.3 Å². The number of rotatable bonds is 3. The third-order valence-corrected chi connectivity index (χ3v) is 3.20. The summed E-state index contributed by atoms with van der Waals surface area (Å²) in [6.45, 7) is 0.179. The average molecular weight is 294 g/mol. The van der Waals surface area contributed by atoms with Crippen LogP contribution in [0.15, 0.2) is 42.5 Å². The lowest BCUT2D eigenvalue weighted by Gasteiger charge is -2.01. The maximum Gasteiger partial charge on any atom is 0.270 e. The fourth-order valence-electron chi connectivity index (χ4n) is 2.14. The Morgan fingerprint density at radius 3 is 2.82 bits per heavy atom. The number of hydrogen-bond donors (Lipinski definition) is 0. The van der Waals surface area contributed by atoms with Crippen LogP contribution in [-0.4, -0.2) is 11.7 Å². The highest BCUT2D eigenvalue weighted by Gasteiger charge is 2.13. The Morgan fingerprint density at radius 2 is 2.05 bits per heavy atom. The van der Waals surface area contributed by atoms with Crippen molar-refractivity contribution in [3.05, 3.63) is 63.7 Å². The van der Waals surface area contributed by atoms with E-state index in [1.165, 1.54) is 12.1 Å². The van der Waals surface area contributed by atoms with Crippen LogP contribution >= 0.6 is 0 Å². The summed E-state index contributed by atoms with van der Waals surface area (Å²) in [5.74, 6) is 1.27. The fraction of sp³-hybridized carbons (Fsp3) is 0.0625. The Balaban J connectivity index is 1.99. The average Bonchev–Trinajstić information content (AvgIpc) is 3.00. The molecule has 0 saturated heterocycles. The molecule has 0 aromatic heterocycles. The molecular formula is C16H10N2O4. The van der Waals surface area contributed by atoms with E-state index in [0.717, 1.165) is 5.56 Å². The smallest absolute Gasteiger partial charge is 0.270 e. The third-order valence-electron chi connectivity index (χ3n) is 3.20. The van der Waals surface area contributed by atoms with Crippen molar-refractivity contribution in [3.63, 3.8) is 0 Å². The van der Waals surface area contributed by atoms with Gasteiger partial charge in [-0.3, -0.25) is 10.1 Å². The van der Waals surface area contributed by atoms with Crippen molar-refractivity contribution in [3.8, 4) is 17.6 Å². The van der Waals surface area contributed by atoms with Crippen LogP contribution in [0.2, 0.25) is 0 Å². The second-order valence-corrected chi connectivity index (χ2v) is 4.59. The van der Waals surface area contributed by atoms with Gasteiger partial charge in [0.1, 0.15) is 0 Å². The summed E-state index contributed by atoms with van der Waals surface area (Å²) in [5, 5.41) is 20.1. The Hall–Kier alpha value is -3.33. The van der Waals surface area contributed by atoms with Gasteiger partial charge in [0.15, 0.2) is 11.5 Å². The number of hydrogen-bond acceptors (Lipinski definition) is 5. The molecule has 1 heterocycles. The molecule has 6 heteroatoms. The maximum absolute atomic E-state index is 10.8. The van der Waals surface area contributed by atoms with Crippen LogP contribution in [0, 0.1) is 21.4 Å². The second-order valence-electron chi connectivity index (χ2n) is 4.59. The van der Waals surface area contributed by atoms with Gasteiger partial charge in [-0.15, -0.1) is 0 Å². The lowest BCUT2D eigenvalue weighted by molar-refractivity contribution is -0.384. The molecule has 0 spiro atoms. The summed E-state index contributed by atoms with van der Waals surface area (Å²) in [6.07, 6.45) is 1.65. The minimum Gasteiger partial charge on any atom is -0.454 e. The van der Waals surface area contributed by atoms with Gasteiger partial charge in [0.25, 0.3) is 5.69 Å². The normalized spacial score (nSPS) is 12.8. The van der Waals surface area contributed by atoms with E-state index in [1.807, 2.05) is 0 Å². The molecule has 0 unspecified atom stereocenters. The van der Waals surface area contributed by atoms with Crippen LogP contribution in [0.3, 0.4) is 0 Å². The SMILES string of the molecule is N#CC(=Cc1ccc2c(c1)OCO2)c1cccc([N+](=O)[O-])c1. The van der Waals surface area contributed by atoms with E-state index < -0.39 is 4.92 Å². The highest BCUT2D eigenvalue weighted by Crippen LogP contribution is 2.33. The van der Waals surface area contributed by atoms with Crippen LogP contribution in [0.1, 0.15) is 11.1 Å². The molecule has 0 aliphatic carbocycles. The molecule has 6 nitrogen and oxygen atoms in total. The first kappa shape index (κ1) is 13.6. The molecule has 0 amide bonds. The Kier molecular flexibility index (Phi) is 3.46. The summed E-state index contributed by atoms with van der Waals surface area (Å²) in [6, 6.07) is 13.4. The molecule has 0 N–H and O–H groups in total. The van der Waals surface area contributed by atoms with Gasteiger partial charge in [0.05, 0.1) is 16.6 Å². The first-order valence-corrected chi connectivity index (χ1v) is 6.43. The molecule has 0 saturated carbocycles. The number of nitriles is 1. The second kappa shape index (κ2) is 5.58. The topological polar surface area (TPSA) is 85.4 Å². The van der Waals surface area contributed by atoms with E-state index in [2.05, 4.69) is 6.07 Å². The first-order valence-electron chi connectivity index (χ1n) is 6.43. The van der Waals surface area contributed by atoms with Crippen molar-refractivity contribution in [1.82, 2.24) is 0 Å². The number of fused-ring (bicyclic) bond motifs is 1. The van der Waals surface area contributed by atoms with E-state index in [-0.39, 0.29) is 12.5 Å². The van der Waals surface area contributed by atoms with Crippen molar-refractivity contribution < 1.29 is 14.4 Å². The number of ether oxygens (including phenoxy) is 2. The van der Waals surface area contributed by atoms with Gasteiger partial charge < -0.3 is 9.47 Å². The Morgan fingerprint density at radius 1 is 1.23 bits per heavy atom. The lowest BCUT2D eigenvalue weighted by atomic mass is 10.0. The summed E-state index contributed by atoms with van der Waals surface area (Å²) < 4.78 is 10.5. The molecule has 2 aromatic rings. The first-order chi connectivity index (χ1) is 10.7. The van der Waals surface area contributed by atoms with Gasteiger partial charge >= 0.3 is 0 Å². The maximum atomic E-state index is 10.8. The van der Waals surface area contributed by atoms with Gasteiger partial charge in [0, 0.05) is 12.1 Å². The summed E-state index contributed by atoms with van der Waals surface area (Å²) in [7, 11) is 0. The molecule has 2 aromatic carbocycles. The monoisotopic (exact) mass is 294 g/mol. The zero-order valence-corrected chi connectivity index (χ0v) is 11.4. The highest BCUT2D eigenvalue weighted by atomic mass is 16.7. The van der Waals surface area contributed by atoms with Crippen molar-refractivity contribution in [2.24, 2.45) is 0 Å². The van der Waals surface area contributed by atoms with Crippen LogP contribution in [0.25, 0.3) is 11.6 Å². The standard InChI is InChI=1S/C16H10N2O4/c17-9-13(12-2-1-3-14(8-12)18(19)20)6-11-4-5-15-16(7-11)22-10-21-15/h1-8H,10H2. The van der Waals surface area contributed by atoms with Crippen LogP contribution in [-0.2, 0) is 0 Å². The predicted molar refractivity (Wildman–Crippen MR) is 79.1 cm³/mol. The minimum atomic E-state index is -0.487. The Labute approximate surface area is 126 Å². The van der Waals surface area contributed by atoms with E-state index >= 15 is 0 Å². The van der Waals surface area contributed by atoms with Gasteiger partial charge in [-0.25, -0.2) is 0 Å². The number of nitro benzene ring substituents is 1. The van der Waals surface area contributed by atoms with Gasteiger partial charge in [-0.2, -0.15) is 5.26 Å². The number of allylic oxidation sites excluding steroid dienone is 1. The van der Waals surface area contributed by atoms with Crippen LogP contribution in [0.5, 0.6) is 11.5 Å². The van der Waals surface area contributed by atoms with Crippen molar-refractivity contribution in [1.29, 1.82) is 5.26 Å². The van der Waals surface area contributed by atoms with Gasteiger partial charge in [-0.1, -0.05) is 18.2 Å². The number of benzene rings is 2. The molecule has 0 fully saturated rings. The fourth-order valence-corrected chi connectivity index (χ4v) is 2.14. The summed E-state index contributed by atoms with van der Waals surface area (Å²) in [5.41, 5.74) is 1.54. The van der Waals surface area contributed by atoms with E-state index in [9.17, 15) is 15.4 Å². The molecule has 1 aliphatic rings. The van der Waals surface area contributed by atoms with Crippen LogP contribution < -0.4 is 9.47 Å². The summed E-state index contributed by atoms with van der Waals surface area (Å²) in [4.78, 5) is 10.3. The molecule has 0 radical (unpaired) electrons. The molecular weight excluding hydrogens is 284 g/mol. The molecule has 3 rings (SSSR count). The lowest BCUT2D eigenvalue weighted by Crippen LogP contribution is -1.92. The zero-order valence-electron chi connectivity index (χ0n) is 11.4. The molecule has 1 aliphatic heterocycles. The molecule has 108 valence electrons. The van der Waals surface area contributed by atoms with Gasteiger partial charge in [0.2, 0.25) is 6.79 Å². The molecule has 0 atom stereocenters. The van der Waals surface area contributed by atoms with Crippen molar-refractivity contribution in [2.45, 2.75) is 0 Å². The molecule has 0 bridgehead atoms. The third kappa shape index (κ3) is 2.60. The molecule has 22 heavy (non-hydrogen) atoms. The van der Waals surface area contributed by atoms with E-state index in [4.69, 9.17) is 9.47 Å². The number of nitro groups is 1. The van der Waals surface area contributed by atoms with Gasteiger partial charge in [-0.05, 0) is 29.3 Å². The van der Waals surface area contributed by atoms with E-state index in [0.29, 0.717) is 22.6 Å². The quantitative estimate of drug-likeness (QED) is 0.375. The largest absolute Gasteiger partial charge is 0.454 e. The van der Waals surface area contributed by atoms with Crippen LogP contribution in [0.4, 0.5) is 5.69 Å². The van der Waals surface area contributed by atoms with Crippen molar-refractivity contribution in [2.75, 3.05) is 6.79 Å². The minimum absolute atomic E-state index is 0.0515. The predicted octanol–water partition coefficient (Wildman–Crippen LogP) is 3.39. The zero-order chi connectivity index (χ0) is 15.5.